The van der Waals surface area contributed by atoms with Crippen LogP contribution in [0.25, 0.3) is 10.8 Å². The van der Waals surface area contributed by atoms with E-state index in [1.165, 1.54) is 12.3 Å². The molecular formula is C25H17Br2FN2O3. The van der Waals surface area contributed by atoms with Crippen molar-refractivity contribution in [3.8, 4) is 11.5 Å². The normalized spacial score (nSPS) is 11.1. The number of ether oxygens (including phenoxy) is 1. The number of hydrogen-bond acceptors (Lipinski definition) is 4. The van der Waals surface area contributed by atoms with Crippen LogP contribution in [0.15, 0.2) is 86.8 Å². The van der Waals surface area contributed by atoms with Gasteiger partial charge in [0.15, 0.2) is 0 Å². The summed E-state index contributed by atoms with van der Waals surface area (Å²) in [5.74, 6) is -0.470. The molecule has 5 nitrogen and oxygen atoms in total. The predicted octanol–water partition coefficient (Wildman–Crippen LogP) is 6.55. The highest BCUT2D eigenvalue weighted by molar-refractivity contribution is 9.11. The lowest BCUT2D eigenvalue weighted by atomic mass is 10.1. The van der Waals surface area contributed by atoms with E-state index in [9.17, 15) is 14.3 Å². The van der Waals surface area contributed by atoms with Crippen molar-refractivity contribution < 1.29 is 19.0 Å². The molecule has 2 N–H and O–H groups in total. The van der Waals surface area contributed by atoms with E-state index in [1.54, 1.807) is 42.5 Å². The van der Waals surface area contributed by atoms with Crippen molar-refractivity contribution >= 4 is 54.8 Å². The van der Waals surface area contributed by atoms with E-state index in [0.717, 1.165) is 10.8 Å². The SMILES string of the molecule is O=C(NN=Cc1cc(Br)c(OCc2ccccc2F)c(Br)c1)c1cc2ccccc2cc1O. The highest BCUT2D eigenvalue weighted by Crippen LogP contribution is 2.35. The second-order valence-corrected chi connectivity index (χ2v) is 8.82. The molecule has 0 saturated carbocycles. The van der Waals surface area contributed by atoms with Gasteiger partial charge in [0.1, 0.15) is 23.9 Å². The van der Waals surface area contributed by atoms with Crippen molar-refractivity contribution in [1.82, 2.24) is 5.43 Å². The summed E-state index contributed by atoms with van der Waals surface area (Å²) in [5.41, 5.74) is 3.68. The second kappa shape index (κ2) is 10.1. The van der Waals surface area contributed by atoms with E-state index < -0.39 is 5.91 Å². The maximum atomic E-state index is 13.8. The number of phenolic OH excluding ortho intramolecular Hbond substituents is 1. The fraction of sp³-hybridized carbons (Fsp3) is 0.0400. The fourth-order valence-electron chi connectivity index (χ4n) is 3.19. The average molecular weight is 572 g/mol. The molecule has 0 atom stereocenters. The van der Waals surface area contributed by atoms with Crippen LogP contribution in [0.3, 0.4) is 0 Å². The summed E-state index contributed by atoms with van der Waals surface area (Å²) in [4.78, 5) is 12.5. The number of benzene rings is 4. The highest BCUT2D eigenvalue weighted by atomic mass is 79.9. The summed E-state index contributed by atoms with van der Waals surface area (Å²) in [6, 6.07) is 20.5. The molecule has 0 heterocycles. The molecule has 0 radical (unpaired) electrons. The Bertz CT molecular complexity index is 1350. The Morgan fingerprint density at radius 3 is 2.33 bits per heavy atom. The van der Waals surface area contributed by atoms with Gasteiger partial charge in [0.05, 0.1) is 20.7 Å². The highest BCUT2D eigenvalue weighted by Gasteiger charge is 2.13. The van der Waals surface area contributed by atoms with Crippen LogP contribution in [0.4, 0.5) is 4.39 Å². The number of nitrogens with zero attached hydrogens (tertiary/aromatic N) is 1. The van der Waals surface area contributed by atoms with Crippen LogP contribution in [0.2, 0.25) is 0 Å². The van der Waals surface area contributed by atoms with Gasteiger partial charge in [-0.15, -0.1) is 0 Å². The van der Waals surface area contributed by atoms with Crippen LogP contribution in [0, 0.1) is 5.82 Å². The first-order valence-corrected chi connectivity index (χ1v) is 11.4. The maximum Gasteiger partial charge on any atom is 0.275 e. The van der Waals surface area contributed by atoms with E-state index in [1.807, 2.05) is 24.3 Å². The summed E-state index contributed by atoms with van der Waals surface area (Å²) >= 11 is 6.90. The van der Waals surface area contributed by atoms with Crippen molar-refractivity contribution in [1.29, 1.82) is 0 Å². The molecule has 0 aromatic heterocycles. The molecule has 0 fully saturated rings. The first kappa shape index (κ1) is 22.9. The molecule has 0 bridgehead atoms. The lowest BCUT2D eigenvalue weighted by molar-refractivity contribution is 0.0952. The van der Waals surface area contributed by atoms with Crippen LogP contribution in [0.5, 0.6) is 11.5 Å². The van der Waals surface area contributed by atoms with Gasteiger partial charge in [-0.2, -0.15) is 5.10 Å². The van der Waals surface area contributed by atoms with Gasteiger partial charge in [0.2, 0.25) is 0 Å². The molecule has 4 aromatic rings. The van der Waals surface area contributed by atoms with Crippen LogP contribution >= 0.6 is 31.9 Å². The molecule has 4 rings (SSSR count). The number of hydrazone groups is 1. The largest absolute Gasteiger partial charge is 0.507 e. The van der Waals surface area contributed by atoms with Gasteiger partial charge >= 0.3 is 0 Å². The molecule has 4 aromatic carbocycles. The number of aromatic hydroxyl groups is 1. The molecule has 33 heavy (non-hydrogen) atoms. The lowest BCUT2D eigenvalue weighted by Gasteiger charge is -2.12. The molecule has 0 aliphatic carbocycles. The predicted molar refractivity (Wildman–Crippen MR) is 133 cm³/mol. The summed E-state index contributed by atoms with van der Waals surface area (Å²) in [7, 11) is 0. The average Bonchev–Trinajstić information content (AvgIpc) is 2.79. The van der Waals surface area contributed by atoms with Crippen LogP contribution in [-0.2, 0) is 6.61 Å². The Morgan fingerprint density at radius 1 is 1.00 bits per heavy atom. The Balaban J connectivity index is 1.45. The van der Waals surface area contributed by atoms with Gasteiger partial charge in [-0.1, -0.05) is 42.5 Å². The number of fused-ring (bicyclic) bond motifs is 1. The van der Waals surface area contributed by atoms with Crippen LogP contribution in [0.1, 0.15) is 21.5 Å². The molecule has 0 aliphatic rings. The number of amides is 1. The zero-order chi connectivity index (χ0) is 23.4. The number of carbonyl (C=O) groups excluding carboxylic acids is 1. The van der Waals surface area contributed by atoms with Gasteiger partial charge in [-0.3, -0.25) is 4.79 Å². The third kappa shape index (κ3) is 5.40. The molecule has 1 amide bonds. The fourth-order valence-corrected chi connectivity index (χ4v) is 4.64. The Kier molecular flexibility index (Phi) is 7.05. The number of halogens is 3. The number of rotatable bonds is 6. The first-order valence-electron chi connectivity index (χ1n) is 9.83. The van der Waals surface area contributed by atoms with Crippen molar-refractivity contribution in [2.75, 3.05) is 0 Å². The first-order chi connectivity index (χ1) is 15.9. The van der Waals surface area contributed by atoms with Gasteiger partial charge in [0, 0.05) is 5.56 Å². The Morgan fingerprint density at radius 2 is 1.64 bits per heavy atom. The van der Waals surface area contributed by atoms with Gasteiger partial charge < -0.3 is 9.84 Å². The minimum absolute atomic E-state index is 0.0720. The van der Waals surface area contributed by atoms with Gasteiger partial charge in [0.25, 0.3) is 5.91 Å². The van der Waals surface area contributed by atoms with Crippen molar-refractivity contribution in [3.05, 3.63) is 104 Å². The Hall–Kier alpha value is -3.23. The zero-order valence-electron chi connectivity index (χ0n) is 17.1. The third-order valence-electron chi connectivity index (χ3n) is 4.84. The summed E-state index contributed by atoms with van der Waals surface area (Å²) in [6.07, 6.45) is 1.46. The monoisotopic (exact) mass is 570 g/mol. The van der Waals surface area contributed by atoms with E-state index in [2.05, 4.69) is 42.4 Å². The van der Waals surface area contributed by atoms with Gasteiger partial charge in [-0.05, 0) is 78.5 Å². The minimum Gasteiger partial charge on any atom is -0.507 e. The maximum absolute atomic E-state index is 13.8. The number of phenols is 1. The van der Waals surface area contributed by atoms with Crippen LogP contribution < -0.4 is 10.2 Å². The summed E-state index contributed by atoms with van der Waals surface area (Å²) in [6.45, 7) is 0.0720. The second-order valence-electron chi connectivity index (χ2n) is 7.11. The van der Waals surface area contributed by atoms with E-state index in [-0.39, 0.29) is 23.7 Å². The zero-order valence-corrected chi connectivity index (χ0v) is 20.2. The molecular weight excluding hydrogens is 555 g/mol. The van der Waals surface area contributed by atoms with Gasteiger partial charge in [-0.25, -0.2) is 9.82 Å². The number of hydrogen-bond donors (Lipinski definition) is 2. The smallest absolute Gasteiger partial charge is 0.275 e. The van der Waals surface area contributed by atoms with Crippen molar-refractivity contribution in [3.63, 3.8) is 0 Å². The Labute approximate surface area is 206 Å². The lowest BCUT2D eigenvalue weighted by Crippen LogP contribution is -2.17. The van der Waals surface area contributed by atoms with Crippen molar-refractivity contribution in [2.24, 2.45) is 5.10 Å². The number of nitrogens with one attached hydrogen (secondary N) is 1. The molecule has 8 heteroatoms. The summed E-state index contributed by atoms with van der Waals surface area (Å²) < 4.78 is 20.8. The molecule has 0 unspecified atom stereocenters. The minimum atomic E-state index is -0.530. The van der Waals surface area contributed by atoms with E-state index >= 15 is 0 Å². The molecule has 0 spiro atoms. The standard InChI is InChI=1S/C25H17Br2FN2O3/c26-20-9-15(10-21(27)24(20)33-14-18-7-3-4-8-22(18)28)13-29-30-25(32)19-11-16-5-1-2-6-17(16)12-23(19)31/h1-13,31H,14H2,(H,30,32). The quantitative estimate of drug-likeness (QED) is 0.203. The summed E-state index contributed by atoms with van der Waals surface area (Å²) in [5, 5.41) is 15.8. The molecule has 0 aliphatic heterocycles. The van der Waals surface area contributed by atoms with E-state index in [4.69, 9.17) is 4.74 Å². The number of carbonyl (C=O) groups is 1. The topological polar surface area (TPSA) is 70.9 Å². The third-order valence-corrected chi connectivity index (χ3v) is 6.02. The molecule has 166 valence electrons. The van der Waals surface area contributed by atoms with E-state index in [0.29, 0.717) is 25.8 Å². The van der Waals surface area contributed by atoms with Crippen molar-refractivity contribution in [2.45, 2.75) is 6.61 Å². The molecule has 0 saturated heterocycles. The van der Waals surface area contributed by atoms with Crippen LogP contribution in [-0.4, -0.2) is 17.2 Å².